The molecule has 1 aliphatic heterocycles. The molecule has 98 heavy (non-hydrogen) atoms. The van der Waals surface area contributed by atoms with Crippen molar-refractivity contribution in [1.82, 2.24) is 10.6 Å². The molecule has 25 nitrogen and oxygen atoms in total. The van der Waals surface area contributed by atoms with E-state index in [4.69, 9.17) is 45.8 Å². The van der Waals surface area contributed by atoms with Crippen LogP contribution in [-0.4, -0.2) is 146 Å². The Morgan fingerprint density at radius 3 is 0.786 bits per heavy atom. The molecule has 36 aliphatic carbocycles. The first-order valence-corrected chi connectivity index (χ1v) is 36.2. The van der Waals surface area contributed by atoms with E-state index in [1.165, 1.54) is 42.7 Å². The van der Waals surface area contributed by atoms with Crippen LogP contribution in [0.1, 0.15) is 20.8 Å². The van der Waals surface area contributed by atoms with Gasteiger partial charge in [-0.25, -0.2) is 4.79 Å². The molecule has 37 rings (SSSR count). The molecule has 0 aromatic carbocycles. The van der Waals surface area contributed by atoms with Crippen LogP contribution in [0.25, 0.3) is 0 Å². The number of halogens is 1. The number of hydrogen-bond acceptors (Lipinski definition) is 20. The van der Waals surface area contributed by atoms with Gasteiger partial charge in [0.1, 0.15) is 16.9 Å². The van der Waals surface area contributed by atoms with Crippen molar-refractivity contribution in [3.63, 3.8) is 0 Å². The Hall–Kier alpha value is -6.24. The maximum atomic E-state index is 12.2. The van der Waals surface area contributed by atoms with Crippen LogP contribution in [-0.2, 0) is 86.0 Å². The van der Waals surface area contributed by atoms with E-state index in [1.807, 2.05) is 6.92 Å². The van der Waals surface area contributed by atoms with Crippen molar-refractivity contribution >= 4 is 88.3 Å². The van der Waals surface area contributed by atoms with Gasteiger partial charge in [-0.1, -0.05) is 0 Å². The fraction of sp³-hybridized carbons (Fsp3) is 0.819. The minimum absolute atomic E-state index is 0.0168. The quantitative estimate of drug-likeness (QED) is 0.0625. The maximum Gasteiger partial charge on any atom is 0.323 e. The summed E-state index contributed by atoms with van der Waals surface area (Å²) >= 11 is 5.69. The number of imide groups is 1. The van der Waals surface area contributed by atoms with Crippen molar-refractivity contribution in [2.45, 2.75) is 31.8 Å². The first-order chi connectivity index (χ1) is 46.5. The number of amides is 3. The van der Waals surface area contributed by atoms with Gasteiger partial charge in [0.15, 0.2) is 0 Å². The molecule has 0 bridgehead atoms. The molecular formula is C72H70ClN3O22. The largest absolute Gasteiger partial charge is 0.481 e. The van der Waals surface area contributed by atoms with Crippen LogP contribution in [0, 0.1) is 278 Å². The summed E-state index contributed by atoms with van der Waals surface area (Å²) in [7, 11) is 8.81. The normalized spacial score (nSPS) is 70.4. The van der Waals surface area contributed by atoms with Crippen LogP contribution >= 0.6 is 11.6 Å². The third kappa shape index (κ3) is 3.27. The summed E-state index contributed by atoms with van der Waals surface area (Å²) in [4.78, 5) is 151. The molecule has 2 unspecified atom stereocenters. The Kier molecular flexibility index (Phi) is 7.64. The first-order valence-electron chi connectivity index (χ1n) is 35.9. The lowest BCUT2D eigenvalue weighted by molar-refractivity contribution is -0.651. The van der Waals surface area contributed by atoms with Crippen molar-refractivity contribution < 1.29 is 106 Å². The Balaban J connectivity index is 0.0000000688. The Morgan fingerprint density at radius 2 is 0.592 bits per heavy atom. The number of carbonyl (C=O) groups is 13. The van der Waals surface area contributed by atoms with E-state index in [1.54, 1.807) is 13.8 Å². The van der Waals surface area contributed by atoms with Crippen LogP contribution in [0.3, 0.4) is 0 Å². The monoisotopic (exact) mass is 1360 g/mol. The van der Waals surface area contributed by atoms with Crippen LogP contribution < -0.4 is 16.4 Å². The first kappa shape index (κ1) is 55.4. The average molecular weight is 1360 g/mol. The Bertz CT molecular complexity index is 3950. The van der Waals surface area contributed by atoms with E-state index in [-0.39, 0.29) is 130 Å². The van der Waals surface area contributed by atoms with Gasteiger partial charge in [-0.15, -0.1) is 0 Å². The van der Waals surface area contributed by atoms with Crippen LogP contribution in [0.15, 0.2) is 0 Å². The number of urea groups is 1. The summed E-state index contributed by atoms with van der Waals surface area (Å²) < 4.78 is 29.5. The zero-order valence-electron chi connectivity index (χ0n) is 54.3. The van der Waals surface area contributed by atoms with Crippen LogP contribution in [0.4, 0.5) is 4.79 Å². The molecule has 0 aromatic heterocycles. The number of Topliss-reactive ketones (excluding diaryl/α,β-unsaturated/α-hetero) is 1. The molecule has 37 fully saturated rings. The van der Waals surface area contributed by atoms with E-state index in [0.29, 0.717) is 201 Å². The number of rotatable bonds is 13. The van der Waals surface area contributed by atoms with E-state index in [2.05, 4.69) is 10.6 Å². The predicted octanol–water partition coefficient (Wildman–Crippen LogP) is 0.308. The number of carboxylic acids is 3. The number of nitrogens with two attached hydrogens (primary N) is 1. The summed E-state index contributed by atoms with van der Waals surface area (Å²) in [5, 5.41) is 32.9. The molecule has 0 spiro atoms. The number of carbonyl (C=O) groups excluding carboxylic acids is 10. The summed E-state index contributed by atoms with van der Waals surface area (Å²) in [5.41, 5.74) is 2.06. The number of nitrogens with one attached hydrogen (secondary N) is 2. The minimum Gasteiger partial charge on any atom is -0.481 e. The molecule has 2 atom stereocenters. The molecule has 36 saturated carbocycles. The third-order valence-corrected chi connectivity index (χ3v) is 42.3. The van der Waals surface area contributed by atoms with Crippen LogP contribution in [0.5, 0.6) is 0 Å². The van der Waals surface area contributed by atoms with Crippen molar-refractivity contribution in [3.8, 4) is 0 Å². The Morgan fingerprint density at radius 1 is 0.378 bits per heavy atom. The molecule has 26 heteroatoms. The van der Waals surface area contributed by atoms with Gasteiger partial charge in [-0.3, -0.25) is 62.9 Å². The highest BCUT2D eigenvalue weighted by Crippen LogP contribution is 3.16. The smallest absolute Gasteiger partial charge is 0.323 e. The van der Waals surface area contributed by atoms with E-state index in [9.17, 15) is 77.6 Å². The number of carboxylic acid groups (broad SMARTS) is 3. The summed E-state index contributed by atoms with van der Waals surface area (Å²) in [6.07, 6.45) is 0. The van der Waals surface area contributed by atoms with Crippen molar-refractivity contribution in [3.05, 3.63) is 0 Å². The number of methoxy groups -OCH3 is 6. The second-order valence-corrected chi connectivity index (χ2v) is 38.4. The SMILES string of the molecule is CC(N)(C(=O)O)C12C3C4C1C1C2C3C41C(=O)O.COC(=O)C12C3C4C1C1C2C3C41C(=O)Cl.COC(=O)C12C3C4C1C1C2C3C41C(=O)O.COC(=O)C12C3C4C1C1C2C3C41C(=O)OC.COC(=O)C12C3C4C1C1C2C3C41C(C)=O.COC(=O)C12C3C4C1C1C2C3C41C1(C)NC(=O)NC1=O. The van der Waals surface area contributed by atoms with E-state index >= 15 is 0 Å². The lowest BCUT2D eigenvalue weighted by Crippen LogP contribution is -3.14. The molecule has 3 amide bonds. The molecule has 512 valence electrons. The van der Waals surface area contributed by atoms with Gasteiger partial charge in [0.2, 0.25) is 5.24 Å². The summed E-state index contributed by atoms with van der Waals surface area (Å²) in [5.74, 6) is 13.0. The lowest BCUT2D eigenvalue weighted by Gasteiger charge is -3.11. The van der Waals surface area contributed by atoms with Gasteiger partial charge in [0.05, 0.1) is 91.4 Å². The second-order valence-electron chi connectivity index (χ2n) is 38.1. The zero-order valence-corrected chi connectivity index (χ0v) is 55.1. The van der Waals surface area contributed by atoms with Crippen molar-refractivity contribution in [2.24, 2.45) is 284 Å². The van der Waals surface area contributed by atoms with Gasteiger partial charge in [0, 0.05) is 16.2 Å². The number of ketones is 1. The molecule has 7 N–H and O–H groups in total. The topological polar surface area (TPSA) is 388 Å². The molecule has 37 aliphatic rings. The predicted molar refractivity (Wildman–Crippen MR) is 309 cm³/mol. The van der Waals surface area contributed by atoms with Crippen LogP contribution in [0.2, 0.25) is 0 Å². The molecule has 0 aromatic rings. The number of hydrogen-bond donors (Lipinski definition) is 6. The molecule has 1 heterocycles. The van der Waals surface area contributed by atoms with Crippen molar-refractivity contribution in [2.75, 3.05) is 42.7 Å². The number of aliphatic carboxylic acids is 3. The molecular weight excluding hydrogens is 1290 g/mol. The molecule has 0 radical (unpaired) electrons. The summed E-state index contributed by atoms with van der Waals surface area (Å²) in [6.45, 7) is 5.22. The second kappa shape index (κ2) is 13.5. The maximum absolute atomic E-state index is 12.2. The van der Waals surface area contributed by atoms with Gasteiger partial charge in [-0.2, -0.15) is 0 Å². The highest BCUT2D eigenvalue weighted by atomic mass is 35.5. The standard InChI is InChI=1S/C14H14N2O4.C12H13NO4.C12H12O4.C12H12O3.C11H9ClO3.C11H10O4/c1-12(9(17)15-11(19)16-12)14-6-3-7(14)5-8(14)4(6)13(3,5)10(18)20-2;1-10(13,8(14)15)12-5-2-6(12)4-7(12)3(5)11(2,4)9(16)17;1-15-9(13)11-3-6-4(11)8-5(11)7(3)12(6,8)10(14)16-2;1-3(13)11-4-7-5(11)9-6(11)8(4)12(7,9)10(14)15-2;2*1-15-9(14)11-5-2-6(11)4-7(11)3(5)10(2,4)8(12)13/h3-8H,1-2H3,(H2,15,16,17,19);2-7H,13H2,1H3,(H,14,15)(H,16,17);3-8H,1-2H3;4-9H,1-2H3;2-7H,1H3;2-7H,1H3,(H,12,13). The number of esters is 6. The van der Waals surface area contributed by atoms with Crippen molar-refractivity contribution in [1.29, 1.82) is 0 Å². The number of ether oxygens (including phenoxy) is 6. The molecule has 1 saturated heterocycles. The van der Waals surface area contributed by atoms with Gasteiger partial charge in [-0.05, 0) is 245 Å². The minimum atomic E-state index is -1.17. The summed E-state index contributed by atoms with van der Waals surface area (Å²) in [6, 6.07) is -0.381. The lowest BCUT2D eigenvalue weighted by atomic mass is 8.91. The van der Waals surface area contributed by atoms with Gasteiger partial charge < -0.3 is 54.8 Å². The van der Waals surface area contributed by atoms with Gasteiger partial charge in [0.25, 0.3) is 5.91 Å². The average Bonchev–Trinajstić information content (AvgIpc) is 0.921. The highest BCUT2D eigenvalue weighted by molar-refractivity contribution is 6.65. The fourth-order valence-electron chi connectivity index (χ4n) is 41.7. The Labute approximate surface area is 560 Å². The van der Waals surface area contributed by atoms with Gasteiger partial charge >= 0.3 is 59.8 Å². The van der Waals surface area contributed by atoms with E-state index in [0.717, 1.165) is 0 Å². The zero-order chi connectivity index (χ0) is 67.9. The van der Waals surface area contributed by atoms with E-state index < -0.39 is 34.4 Å². The highest BCUT2D eigenvalue weighted by Gasteiger charge is 3.19. The third-order valence-electron chi connectivity index (χ3n) is 42.0. The fourth-order valence-corrected chi connectivity index (χ4v) is 42.1.